The van der Waals surface area contributed by atoms with Crippen LogP contribution in [0.2, 0.25) is 5.02 Å². The van der Waals surface area contributed by atoms with Gasteiger partial charge in [-0.3, -0.25) is 9.52 Å². The van der Waals surface area contributed by atoms with Gasteiger partial charge in [0.2, 0.25) is 0 Å². The molecule has 4 rings (SSSR count). The Bertz CT molecular complexity index is 1260. The van der Waals surface area contributed by atoms with Crippen molar-refractivity contribution in [3.8, 4) is 5.75 Å². The lowest BCUT2D eigenvalue weighted by molar-refractivity contribution is -0.134. The molecule has 1 amide bonds. The first-order valence-corrected chi connectivity index (χ1v) is 13.5. The van der Waals surface area contributed by atoms with Crippen LogP contribution in [0.15, 0.2) is 77.7 Å². The average Bonchev–Trinajstić information content (AvgIpc) is 2.85. The highest BCUT2D eigenvalue weighted by molar-refractivity contribution is 7.92. The summed E-state index contributed by atoms with van der Waals surface area (Å²) in [6.07, 6.45) is 2.95. The summed E-state index contributed by atoms with van der Waals surface area (Å²) in [6.45, 7) is 3.19. The topological polar surface area (TPSA) is 75.7 Å². The molecular formula is C27H29ClN2O4S. The van der Waals surface area contributed by atoms with Crippen molar-refractivity contribution in [2.24, 2.45) is 5.92 Å². The number of aryl methyl sites for hydroxylation is 1. The number of piperidine rings is 1. The molecule has 0 atom stereocenters. The number of carbonyl (C=O) groups is 1. The number of amides is 1. The van der Waals surface area contributed by atoms with Crippen LogP contribution in [-0.2, 0) is 21.2 Å². The fraction of sp³-hybridized carbons (Fsp3) is 0.296. The first kappa shape index (κ1) is 25.1. The highest BCUT2D eigenvalue weighted by Crippen LogP contribution is 2.29. The molecule has 3 aromatic rings. The van der Waals surface area contributed by atoms with E-state index in [1.807, 2.05) is 30.0 Å². The Morgan fingerprint density at radius 3 is 2.37 bits per heavy atom. The van der Waals surface area contributed by atoms with Crippen LogP contribution in [0.4, 0.5) is 5.69 Å². The Morgan fingerprint density at radius 2 is 1.71 bits per heavy atom. The summed E-state index contributed by atoms with van der Waals surface area (Å²) in [5, 5.41) is 0.131. The zero-order chi connectivity index (χ0) is 24.8. The van der Waals surface area contributed by atoms with Crippen LogP contribution in [0.25, 0.3) is 0 Å². The first-order valence-electron chi connectivity index (χ1n) is 11.6. The molecule has 1 saturated heterocycles. The molecule has 0 radical (unpaired) electrons. The van der Waals surface area contributed by atoms with Crippen LogP contribution in [0.1, 0.15) is 24.0 Å². The van der Waals surface area contributed by atoms with Crippen LogP contribution < -0.4 is 9.46 Å². The Hall–Kier alpha value is -3.03. The minimum atomic E-state index is -3.81. The maximum atomic E-state index is 12.7. The average molecular weight is 513 g/mol. The maximum absolute atomic E-state index is 12.7. The van der Waals surface area contributed by atoms with Gasteiger partial charge in [-0.2, -0.15) is 0 Å². The Kier molecular flexibility index (Phi) is 7.98. The van der Waals surface area contributed by atoms with Gasteiger partial charge in [-0.25, -0.2) is 8.42 Å². The molecule has 1 N–H and O–H groups in total. The van der Waals surface area contributed by atoms with E-state index >= 15 is 0 Å². The fourth-order valence-corrected chi connectivity index (χ4v) is 5.55. The molecule has 1 aliphatic rings. The molecule has 0 unspecified atom stereocenters. The van der Waals surface area contributed by atoms with Crippen LogP contribution >= 0.6 is 11.6 Å². The molecule has 35 heavy (non-hydrogen) atoms. The number of nitrogens with one attached hydrogen (secondary N) is 1. The second kappa shape index (κ2) is 11.1. The first-order chi connectivity index (χ1) is 16.8. The van der Waals surface area contributed by atoms with Gasteiger partial charge in [0.1, 0.15) is 5.75 Å². The van der Waals surface area contributed by atoms with E-state index in [1.165, 1.54) is 23.8 Å². The molecule has 0 saturated carbocycles. The van der Waals surface area contributed by atoms with Gasteiger partial charge >= 0.3 is 0 Å². The summed E-state index contributed by atoms with van der Waals surface area (Å²) in [4.78, 5) is 14.5. The van der Waals surface area contributed by atoms with Crippen molar-refractivity contribution < 1.29 is 17.9 Å². The molecule has 0 spiro atoms. The highest BCUT2D eigenvalue weighted by atomic mass is 35.5. The zero-order valence-corrected chi connectivity index (χ0v) is 21.2. The third kappa shape index (κ3) is 6.77. The van der Waals surface area contributed by atoms with E-state index in [0.29, 0.717) is 24.7 Å². The van der Waals surface area contributed by atoms with Gasteiger partial charge in [-0.1, -0.05) is 59.6 Å². The van der Waals surface area contributed by atoms with E-state index in [1.54, 1.807) is 12.1 Å². The highest BCUT2D eigenvalue weighted by Gasteiger charge is 2.24. The molecule has 8 heteroatoms. The van der Waals surface area contributed by atoms with E-state index in [-0.39, 0.29) is 28.2 Å². The molecule has 0 aliphatic carbocycles. The lowest BCUT2D eigenvalue weighted by Gasteiger charge is -2.32. The largest absolute Gasteiger partial charge is 0.482 e. The van der Waals surface area contributed by atoms with E-state index in [0.717, 1.165) is 24.8 Å². The molecular weight excluding hydrogens is 484 g/mol. The number of carbonyl (C=O) groups excluding carboxylic acids is 1. The maximum Gasteiger partial charge on any atom is 0.261 e. The molecule has 0 bridgehead atoms. The van der Waals surface area contributed by atoms with Gasteiger partial charge in [0.25, 0.3) is 15.9 Å². The number of hydrogen-bond donors (Lipinski definition) is 1. The lowest BCUT2D eigenvalue weighted by Crippen LogP contribution is -2.41. The quantitative estimate of drug-likeness (QED) is 0.444. The molecule has 3 aromatic carbocycles. The number of nitrogens with zero attached hydrogens (tertiary/aromatic N) is 1. The second-order valence-corrected chi connectivity index (χ2v) is 11.0. The number of hydrogen-bond acceptors (Lipinski definition) is 4. The standard InChI is InChI=1S/C27H29ClN2O4S/c1-20-7-9-23(10-8-20)29-35(32,33)24-11-12-26(25(28)18-24)34-19-27(31)30-15-13-22(14-16-30)17-21-5-3-2-4-6-21/h2-12,18,22,29H,13-17,19H2,1H3. The third-order valence-corrected chi connectivity index (χ3v) is 7.88. The van der Waals surface area contributed by atoms with E-state index in [9.17, 15) is 13.2 Å². The number of sulfonamides is 1. The second-order valence-electron chi connectivity index (χ2n) is 8.87. The van der Waals surface area contributed by atoms with Gasteiger partial charge in [0.05, 0.1) is 9.92 Å². The van der Waals surface area contributed by atoms with E-state index < -0.39 is 10.0 Å². The van der Waals surface area contributed by atoms with Crippen molar-refractivity contribution in [1.29, 1.82) is 0 Å². The van der Waals surface area contributed by atoms with Crippen molar-refractivity contribution in [2.45, 2.75) is 31.1 Å². The zero-order valence-electron chi connectivity index (χ0n) is 19.6. The number of likely N-dealkylation sites (tertiary alicyclic amines) is 1. The summed E-state index contributed by atoms with van der Waals surface area (Å²) >= 11 is 6.28. The normalized spacial score (nSPS) is 14.5. The summed E-state index contributed by atoms with van der Waals surface area (Å²) in [5.74, 6) is 0.741. The predicted octanol–water partition coefficient (Wildman–Crippen LogP) is 5.31. The molecule has 1 aliphatic heterocycles. The van der Waals surface area contributed by atoms with Crippen molar-refractivity contribution >= 4 is 33.2 Å². The fourth-order valence-electron chi connectivity index (χ4n) is 4.17. The Labute approximate surface area is 211 Å². The van der Waals surface area contributed by atoms with E-state index in [4.69, 9.17) is 16.3 Å². The summed E-state index contributed by atoms with van der Waals surface area (Å²) < 4.78 is 33.6. The molecule has 1 fully saturated rings. The number of benzene rings is 3. The number of halogens is 1. The predicted molar refractivity (Wildman–Crippen MR) is 138 cm³/mol. The molecule has 184 valence electrons. The molecule has 6 nitrogen and oxygen atoms in total. The Morgan fingerprint density at radius 1 is 1.03 bits per heavy atom. The van der Waals surface area contributed by atoms with Gasteiger partial charge in [-0.05, 0) is 68.0 Å². The van der Waals surface area contributed by atoms with Gasteiger partial charge in [0.15, 0.2) is 6.61 Å². The number of anilines is 1. The summed E-state index contributed by atoms with van der Waals surface area (Å²) in [6, 6.07) is 21.7. The van der Waals surface area contributed by atoms with Crippen LogP contribution in [0.5, 0.6) is 5.75 Å². The Balaban J connectivity index is 1.29. The van der Waals surface area contributed by atoms with Gasteiger partial charge in [0, 0.05) is 18.8 Å². The van der Waals surface area contributed by atoms with Crippen molar-refractivity contribution in [2.75, 3.05) is 24.4 Å². The third-order valence-electron chi connectivity index (χ3n) is 6.20. The van der Waals surface area contributed by atoms with Crippen molar-refractivity contribution in [3.05, 3.63) is 88.9 Å². The number of ether oxygens (including phenoxy) is 1. The van der Waals surface area contributed by atoms with Crippen molar-refractivity contribution in [3.63, 3.8) is 0 Å². The van der Waals surface area contributed by atoms with Gasteiger partial charge < -0.3 is 9.64 Å². The van der Waals surface area contributed by atoms with Crippen LogP contribution in [0, 0.1) is 12.8 Å². The minimum absolute atomic E-state index is 0.0160. The van der Waals surface area contributed by atoms with E-state index in [2.05, 4.69) is 29.0 Å². The summed E-state index contributed by atoms with van der Waals surface area (Å²) in [7, 11) is -3.81. The SMILES string of the molecule is Cc1ccc(NS(=O)(=O)c2ccc(OCC(=O)N3CCC(Cc4ccccc4)CC3)c(Cl)c2)cc1. The van der Waals surface area contributed by atoms with Gasteiger partial charge in [-0.15, -0.1) is 0 Å². The van der Waals surface area contributed by atoms with Crippen LogP contribution in [0.3, 0.4) is 0 Å². The monoisotopic (exact) mass is 512 g/mol. The van der Waals surface area contributed by atoms with Crippen molar-refractivity contribution in [1.82, 2.24) is 4.90 Å². The van der Waals surface area contributed by atoms with Crippen LogP contribution in [-0.4, -0.2) is 38.9 Å². The molecule has 0 aromatic heterocycles. The smallest absolute Gasteiger partial charge is 0.261 e. The summed E-state index contributed by atoms with van der Waals surface area (Å²) in [5.41, 5.74) is 2.82. The number of rotatable bonds is 8. The minimum Gasteiger partial charge on any atom is -0.482 e. The lowest BCUT2D eigenvalue weighted by atomic mass is 9.90. The molecule has 1 heterocycles.